The molecule has 0 aliphatic carbocycles. The van der Waals surface area contributed by atoms with Gasteiger partial charge in [-0.2, -0.15) is 0 Å². The molecule has 0 fully saturated rings. The third kappa shape index (κ3) is 4.87. The normalized spacial score (nSPS) is 11.2. The number of nitrogen functional groups attached to an aromatic ring is 1. The number of halogens is 2. The maximum absolute atomic E-state index is 12.7. The molecule has 1 rings (SSSR count). The van der Waals surface area contributed by atoms with Crippen molar-refractivity contribution in [1.82, 2.24) is 0 Å². The van der Waals surface area contributed by atoms with Crippen LogP contribution in [-0.2, 0) is 4.74 Å². The summed E-state index contributed by atoms with van der Waals surface area (Å²) in [6.07, 6.45) is -2.60. The Kier molecular flexibility index (Phi) is 5.85. The molecule has 0 aliphatic heterocycles. The molecule has 0 atom stereocenters. The Morgan fingerprint density at radius 2 is 1.94 bits per heavy atom. The van der Waals surface area contributed by atoms with E-state index >= 15 is 0 Å². The van der Waals surface area contributed by atoms with E-state index in [1.807, 2.05) is 13.8 Å². The summed E-state index contributed by atoms with van der Waals surface area (Å²) in [5.74, 6) is 0.602. The lowest BCUT2D eigenvalue weighted by Crippen LogP contribution is -2.11. The van der Waals surface area contributed by atoms with Crippen LogP contribution in [0.2, 0.25) is 0 Å². The van der Waals surface area contributed by atoms with Crippen LogP contribution in [0, 0.1) is 5.92 Å². The summed E-state index contributed by atoms with van der Waals surface area (Å²) in [5.41, 5.74) is 5.58. The van der Waals surface area contributed by atoms with Crippen molar-refractivity contribution in [2.75, 3.05) is 25.6 Å². The minimum Gasteiger partial charge on any atom is -0.491 e. The average molecular weight is 259 g/mol. The van der Waals surface area contributed by atoms with Gasteiger partial charge in [0.1, 0.15) is 12.4 Å². The van der Waals surface area contributed by atoms with Gasteiger partial charge in [-0.1, -0.05) is 13.8 Å². The molecule has 0 bridgehead atoms. The van der Waals surface area contributed by atoms with Gasteiger partial charge in [0.05, 0.1) is 12.2 Å². The quantitative estimate of drug-likeness (QED) is 0.604. The molecule has 0 aromatic heterocycles. The molecule has 0 saturated carbocycles. The van der Waals surface area contributed by atoms with E-state index in [1.165, 1.54) is 18.2 Å². The summed E-state index contributed by atoms with van der Waals surface area (Å²) >= 11 is 0. The van der Waals surface area contributed by atoms with Crippen LogP contribution >= 0.6 is 0 Å². The summed E-state index contributed by atoms with van der Waals surface area (Å²) in [5, 5.41) is 0. The van der Waals surface area contributed by atoms with E-state index < -0.39 is 6.43 Å². The highest BCUT2D eigenvalue weighted by atomic mass is 19.3. The number of alkyl halides is 2. The first kappa shape index (κ1) is 14.7. The number of anilines is 1. The van der Waals surface area contributed by atoms with E-state index in [4.69, 9.17) is 15.2 Å². The summed E-state index contributed by atoms with van der Waals surface area (Å²) in [7, 11) is 0. The maximum atomic E-state index is 12.7. The van der Waals surface area contributed by atoms with Crippen molar-refractivity contribution >= 4 is 5.69 Å². The van der Waals surface area contributed by atoms with Crippen molar-refractivity contribution in [3.63, 3.8) is 0 Å². The third-order valence-corrected chi connectivity index (χ3v) is 2.21. The Morgan fingerprint density at radius 3 is 2.56 bits per heavy atom. The average Bonchev–Trinajstić information content (AvgIpc) is 2.29. The first-order valence-electron chi connectivity index (χ1n) is 5.88. The first-order valence-corrected chi connectivity index (χ1v) is 5.88. The van der Waals surface area contributed by atoms with Crippen molar-refractivity contribution in [3.8, 4) is 5.75 Å². The van der Waals surface area contributed by atoms with Crippen molar-refractivity contribution in [2.45, 2.75) is 20.3 Å². The fourth-order valence-electron chi connectivity index (χ4n) is 1.40. The van der Waals surface area contributed by atoms with Gasteiger partial charge in [-0.25, -0.2) is 8.78 Å². The first-order chi connectivity index (χ1) is 8.50. The number of nitrogens with two attached hydrogens (primary N) is 1. The minimum absolute atomic E-state index is 0.160. The van der Waals surface area contributed by atoms with Crippen LogP contribution in [0.4, 0.5) is 14.5 Å². The predicted octanol–water partition coefficient (Wildman–Crippen LogP) is 3.26. The van der Waals surface area contributed by atoms with Gasteiger partial charge in [0.25, 0.3) is 6.43 Å². The molecular formula is C13H19F2NO2. The van der Waals surface area contributed by atoms with Crippen LogP contribution in [0.5, 0.6) is 5.75 Å². The van der Waals surface area contributed by atoms with Gasteiger partial charge in [0.15, 0.2) is 0 Å². The number of hydrogen-bond donors (Lipinski definition) is 1. The second kappa shape index (κ2) is 7.16. The topological polar surface area (TPSA) is 44.5 Å². The fourth-order valence-corrected chi connectivity index (χ4v) is 1.40. The smallest absolute Gasteiger partial charge is 0.267 e. The zero-order chi connectivity index (χ0) is 13.5. The van der Waals surface area contributed by atoms with Gasteiger partial charge in [0, 0.05) is 12.3 Å². The monoisotopic (exact) mass is 259 g/mol. The maximum Gasteiger partial charge on any atom is 0.267 e. The Labute approximate surface area is 106 Å². The van der Waals surface area contributed by atoms with Gasteiger partial charge in [-0.3, -0.25) is 0 Å². The van der Waals surface area contributed by atoms with Crippen molar-refractivity contribution < 1.29 is 18.3 Å². The van der Waals surface area contributed by atoms with E-state index in [-0.39, 0.29) is 17.9 Å². The van der Waals surface area contributed by atoms with E-state index in [2.05, 4.69) is 0 Å². The Bertz CT molecular complexity index is 370. The van der Waals surface area contributed by atoms with Crippen LogP contribution in [0.25, 0.3) is 0 Å². The predicted molar refractivity (Wildman–Crippen MR) is 67.0 cm³/mol. The highest BCUT2D eigenvalue weighted by molar-refractivity contribution is 5.48. The molecule has 102 valence electrons. The molecule has 5 heteroatoms. The minimum atomic E-state index is -2.60. The van der Waals surface area contributed by atoms with Gasteiger partial charge in [-0.05, 0) is 24.1 Å². The Morgan fingerprint density at radius 1 is 1.22 bits per heavy atom. The highest BCUT2D eigenvalue weighted by Crippen LogP contribution is 2.30. The van der Waals surface area contributed by atoms with E-state index in [0.717, 1.165) is 0 Å². The molecule has 0 spiro atoms. The molecule has 2 N–H and O–H groups in total. The summed E-state index contributed by atoms with van der Waals surface area (Å²) < 4.78 is 36.0. The summed E-state index contributed by atoms with van der Waals surface area (Å²) in [4.78, 5) is 0. The second-order valence-corrected chi connectivity index (χ2v) is 4.42. The largest absolute Gasteiger partial charge is 0.491 e. The van der Waals surface area contributed by atoms with E-state index in [1.54, 1.807) is 0 Å². The van der Waals surface area contributed by atoms with Gasteiger partial charge in [-0.15, -0.1) is 0 Å². The zero-order valence-corrected chi connectivity index (χ0v) is 10.7. The second-order valence-electron chi connectivity index (χ2n) is 4.42. The van der Waals surface area contributed by atoms with Crippen LogP contribution in [0.3, 0.4) is 0 Å². The van der Waals surface area contributed by atoms with Crippen molar-refractivity contribution in [2.24, 2.45) is 5.92 Å². The Hall–Kier alpha value is -1.36. The van der Waals surface area contributed by atoms with Crippen LogP contribution < -0.4 is 10.5 Å². The van der Waals surface area contributed by atoms with Crippen molar-refractivity contribution in [3.05, 3.63) is 23.8 Å². The molecule has 1 aromatic rings. The molecule has 18 heavy (non-hydrogen) atoms. The van der Waals surface area contributed by atoms with Gasteiger partial charge < -0.3 is 15.2 Å². The van der Waals surface area contributed by atoms with Crippen LogP contribution in [-0.4, -0.2) is 19.8 Å². The zero-order valence-electron chi connectivity index (χ0n) is 10.7. The molecule has 0 heterocycles. The lowest BCUT2D eigenvalue weighted by Gasteiger charge is -2.12. The number of hydrogen-bond acceptors (Lipinski definition) is 3. The lowest BCUT2D eigenvalue weighted by molar-refractivity contribution is 0.0794. The molecule has 3 nitrogen and oxygen atoms in total. The summed E-state index contributed by atoms with van der Waals surface area (Å²) in [6.45, 7) is 5.33. The fraction of sp³-hybridized carbons (Fsp3) is 0.538. The molecular weight excluding hydrogens is 240 g/mol. The molecule has 0 amide bonds. The van der Waals surface area contributed by atoms with Gasteiger partial charge in [0.2, 0.25) is 0 Å². The highest BCUT2D eigenvalue weighted by Gasteiger charge is 2.14. The molecule has 0 radical (unpaired) electrons. The SMILES string of the molecule is CC(C)COCCOc1ccc(N)cc1C(F)F. The van der Waals surface area contributed by atoms with Crippen LogP contribution in [0.15, 0.2) is 18.2 Å². The van der Waals surface area contributed by atoms with Crippen molar-refractivity contribution in [1.29, 1.82) is 0 Å². The lowest BCUT2D eigenvalue weighted by atomic mass is 10.2. The van der Waals surface area contributed by atoms with E-state index in [9.17, 15) is 8.78 Å². The Balaban J connectivity index is 2.46. The summed E-state index contributed by atoms with van der Waals surface area (Å²) in [6, 6.07) is 4.23. The molecule has 1 aromatic carbocycles. The third-order valence-electron chi connectivity index (χ3n) is 2.21. The number of rotatable bonds is 7. The standard InChI is InChI=1S/C13H19F2NO2/c1-9(2)8-17-5-6-18-12-4-3-10(16)7-11(12)13(14)15/h3-4,7,9,13H,5-6,8,16H2,1-2H3. The molecule has 0 unspecified atom stereocenters. The van der Waals surface area contributed by atoms with Gasteiger partial charge >= 0.3 is 0 Å². The molecule has 0 aliphatic rings. The van der Waals surface area contributed by atoms with E-state index in [0.29, 0.717) is 24.8 Å². The van der Waals surface area contributed by atoms with Crippen LogP contribution in [0.1, 0.15) is 25.8 Å². The molecule has 0 saturated heterocycles. The number of benzene rings is 1. The number of ether oxygens (including phenoxy) is 2.